The zero-order chi connectivity index (χ0) is 19.4. The highest BCUT2D eigenvalue weighted by molar-refractivity contribution is 7.89. The Balaban J connectivity index is 1.70. The number of halogens is 1. The number of ether oxygens (including phenoxy) is 1. The van der Waals surface area contributed by atoms with Crippen LogP contribution in [-0.2, 0) is 10.0 Å². The van der Waals surface area contributed by atoms with Crippen molar-refractivity contribution in [1.82, 2.24) is 9.62 Å². The summed E-state index contributed by atoms with van der Waals surface area (Å²) in [5.74, 6) is 0.195. The molecule has 1 atom stereocenters. The first-order chi connectivity index (χ1) is 12.9. The molecule has 0 bridgehead atoms. The second-order valence-corrected chi connectivity index (χ2v) is 8.70. The number of methoxy groups -OCH3 is 1. The highest BCUT2D eigenvalue weighted by atomic mass is 35.5. The third-order valence-corrected chi connectivity index (χ3v) is 6.64. The summed E-state index contributed by atoms with van der Waals surface area (Å²) in [5, 5.41) is 3.13. The molecule has 1 amide bonds. The Bertz CT molecular complexity index is 898. The van der Waals surface area contributed by atoms with Gasteiger partial charge in [0.1, 0.15) is 10.6 Å². The second-order valence-electron chi connectivity index (χ2n) is 6.35. The SMILES string of the molecule is COc1ccc(Cl)cc1S(=O)(=O)N1CCC[C@@H](CNC(=O)c2ccco2)C1. The van der Waals surface area contributed by atoms with Crippen molar-refractivity contribution in [2.45, 2.75) is 17.7 Å². The predicted octanol–water partition coefficient (Wildman–Crippen LogP) is 2.77. The maximum Gasteiger partial charge on any atom is 0.286 e. The van der Waals surface area contributed by atoms with Crippen LogP contribution in [0.3, 0.4) is 0 Å². The normalized spacial score (nSPS) is 18.2. The first-order valence-electron chi connectivity index (χ1n) is 8.57. The van der Waals surface area contributed by atoms with Crippen LogP contribution in [0.25, 0.3) is 0 Å². The van der Waals surface area contributed by atoms with Gasteiger partial charge < -0.3 is 14.5 Å². The molecule has 1 aliphatic heterocycles. The molecule has 146 valence electrons. The van der Waals surface area contributed by atoms with E-state index in [0.717, 1.165) is 6.42 Å². The number of benzene rings is 1. The maximum absolute atomic E-state index is 13.1. The summed E-state index contributed by atoms with van der Waals surface area (Å²) in [5.41, 5.74) is 0. The zero-order valence-electron chi connectivity index (χ0n) is 14.9. The average Bonchev–Trinajstić information content (AvgIpc) is 3.21. The van der Waals surface area contributed by atoms with Crippen LogP contribution in [-0.4, -0.2) is 45.4 Å². The minimum Gasteiger partial charge on any atom is -0.495 e. The van der Waals surface area contributed by atoms with Crippen molar-refractivity contribution in [3.05, 3.63) is 47.4 Å². The highest BCUT2D eigenvalue weighted by Crippen LogP contribution is 2.31. The number of hydrogen-bond acceptors (Lipinski definition) is 5. The largest absolute Gasteiger partial charge is 0.495 e. The van der Waals surface area contributed by atoms with Crippen LogP contribution in [0.5, 0.6) is 5.75 Å². The molecule has 0 unspecified atom stereocenters. The summed E-state index contributed by atoms with van der Waals surface area (Å²) in [6, 6.07) is 7.75. The molecule has 0 aliphatic carbocycles. The highest BCUT2D eigenvalue weighted by Gasteiger charge is 2.32. The number of sulfonamides is 1. The maximum atomic E-state index is 13.1. The molecule has 1 aromatic carbocycles. The Morgan fingerprint density at radius 2 is 2.22 bits per heavy atom. The van der Waals surface area contributed by atoms with E-state index in [1.165, 1.54) is 23.7 Å². The molecule has 1 saturated heterocycles. The fourth-order valence-corrected chi connectivity index (χ4v) is 5.11. The Hall–Kier alpha value is -2.03. The molecular formula is C18H21ClN2O5S. The lowest BCUT2D eigenvalue weighted by molar-refractivity contribution is 0.0913. The minimum absolute atomic E-state index is 0.0117. The summed E-state index contributed by atoms with van der Waals surface area (Å²) in [7, 11) is -2.33. The van der Waals surface area contributed by atoms with E-state index in [1.54, 1.807) is 24.3 Å². The van der Waals surface area contributed by atoms with Gasteiger partial charge in [-0.1, -0.05) is 11.6 Å². The average molecular weight is 413 g/mol. The molecule has 0 saturated carbocycles. The van der Waals surface area contributed by atoms with Gasteiger partial charge in [0.15, 0.2) is 5.76 Å². The van der Waals surface area contributed by atoms with Crippen LogP contribution in [0.1, 0.15) is 23.4 Å². The first-order valence-corrected chi connectivity index (χ1v) is 10.4. The third kappa shape index (κ3) is 4.45. The molecule has 0 radical (unpaired) electrons. The van der Waals surface area contributed by atoms with Crippen LogP contribution >= 0.6 is 11.6 Å². The number of furan rings is 1. The molecule has 1 N–H and O–H groups in total. The van der Waals surface area contributed by atoms with Crippen LogP contribution in [0.2, 0.25) is 5.02 Å². The lowest BCUT2D eigenvalue weighted by Crippen LogP contribution is -2.43. The van der Waals surface area contributed by atoms with Crippen molar-refractivity contribution < 1.29 is 22.4 Å². The van der Waals surface area contributed by atoms with Crippen molar-refractivity contribution in [3.8, 4) is 5.75 Å². The Labute approximate surface area is 163 Å². The molecule has 1 aliphatic rings. The van der Waals surface area contributed by atoms with E-state index in [-0.39, 0.29) is 28.2 Å². The van der Waals surface area contributed by atoms with Crippen LogP contribution in [0.4, 0.5) is 0 Å². The fourth-order valence-electron chi connectivity index (χ4n) is 3.13. The van der Waals surface area contributed by atoms with Gasteiger partial charge in [-0.15, -0.1) is 0 Å². The molecule has 9 heteroatoms. The van der Waals surface area contributed by atoms with Gasteiger partial charge in [-0.2, -0.15) is 4.31 Å². The summed E-state index contributed by atoms with van der Waals surface area (Å²) < 4.78 is 37.8. The van der Waals surface area contributed by atoms with Crippen molar-refractivity contribution >= 4 is 27.5 Å². The number of hydrogen-bond donors (Lipinski definition) is 1. The van der Waals surface area contributed by atoms with E-state index >= 15 is 0 Å². The molecule has 3 rings (SSSR count). The predicted molar refractivity (Wildman–Crippen MR) is 101 cm³/mol. The van der Waals surface area contributed by atoms with Crippen molar-refractivity contribution in [2.75, 3.05) is 26.7 Å². The zero-order valence-corrected chi connectivity index (χ0v) is 16.4. The standard InChI is InChI=1S/C18H21ClN2O5S/c1-25-15-7-6-14(19)10-17(15)27(23,24)21-8-2-4-13(12-21)11-20-18(22)16-5-3-9-26-16/h3,5-7,9-10,13H,2,4,8,11-12H2,1H3,(H,20,22)/t13-/m0/s1. The van der Waals surface area contributed by atoms with Crippen molar-refractivity contribution in [1.29, 1.82) is 0 Å². The van der Waals surface area contributed by atoms with Gasteiger partial charge in [0, 0.05) is 24.7 Å². The first kappa shape index (κ1) is 19.7. The van der Waals surface area contributed by atoms with Crippen LogP contribution in [0.15, 0.2) is 45.9 Å². The van der Waals surface area contributed by atoms with Gasteiger partial charge in [0.2, 0.25) is 10.0 Å². The molecular weight excluding hydrogens is 392 g/mol. The van der Waals surface area contributed by atoms with E-state index in [0.29, 0.717) is 31.1 Å². The molecule has 2 heterocycles. The van der Waals surface area contributed by atoms with Gasteiger partial charge >= 0.3 is 0 Å². The van der Waals surface area contributed by atoms with Crippen LogP contribution < -0.4 is 10.1 Å². The van der Waals surface area contributed by atoms with Gasteiger partial charge in [-0.3, -0.25) is 4.79 Å². The second kappa shape index (κ2) is 8.33. The van der Waals surface area contributed by atoms with Gasteiger partial charge in [0.25, 0.3) is 5.91 Å². The number of carbonyl (C=O) groups excluding carboxylic acids is 1. The topological polar surface area (TPSA) is 88.9 Å². The van der Waals surface area contributed by atoms with Gasteiger partial charge in [-0.25, -0.2) is 8.42 Å². The van der Waals surface area contributed by atoms with E-state index in [4.69, 9.17) is 20.8 Å². The van der Waals surface area contributed by atoms with Gasteiger partial charge in [0.05, 0.1) is 13.4 Å². The van der Waals surface area contributed by atoms with Crippen LogP contribution in [0, 0.1) is 5.92 Å². The van der Waals surface area contributed by atoms with Crippen molar-refractivity contribution in [2.24, 2.45) is 5.92 Å². The molecule has 2 aromatic rings. The molecule has 27 heavy (non-hydrogen) atoms. The fraction of sp³-hybridized carbons (Fsp3) is 0.389. The number of amides is 1. The van der Waals surface area contributed by atoms with E-state index in [9.17, 15) is 13.2 Å². The van der Waals surface area contributed by atoms with E-state index in [1.807, 2.05) is 0 Å². The quantitative estimate of drug-likeness (QED) is 0.788. The van der Waals surface area contributed by atoms with Crippen molar-refractivity contribution in [3.63, 3.8) is 0 Å². The summed E-state index contributed by atoms with van der Waals surface area (Å²) in [6.45, 7) is 1.11. The minimum atomic E-state index is -3.75. The molecule has 1 fully saturated rings. The number of piperidine rings is 1. The number of rotatable bonds is 6. The Morgan fingerprint density at radius 1 is 1.41 bits per heavy atom. The summed E-state index contributed by atoms with van der Waals surface area (Å²) in [6.07, 6.45) is 2.97. The number of carbonyl (C=O) groups is 1. The Kier molecular flexibility index (Phi) is 6.08. The third-order valence-electron chi connectivity index (χ3n) is 4.52. The number of nitrogens with one attached hydrogen (secondary N) is 1. The summed E-state index contributed by atoms with van der Waals surface area (Å²) >= 11 is 5.99. The summed E-state index contributed by atoms with van der Waals surface area (Å²) in [4.78, 5) is 12.1. The Morgan fingerprint density at radius 3 is 2.93 bits per heavy atom. The molecule has 0 spiro atoms. The lowest BCUT2D eigenvalue weighted by Gasteiger charge is -2.32. The lowest BCUT2D eigenvalue weighted by atomic mass is 10.00. The smallest absolute Gasteiger partial charge is 0.286 e. The van der Waals surface area contributed by atoms with E-state index < -0.39 is 10.0 Å². The van der Waals surface area contributed by atoms with E-state index in [2.05, 4.69) is 5.32 Å². The molecule has 7 nitrogen and oxygen atoms in total. The monoisotopic (exact) mass is 412 g/mol. The molecule has 1 aromatic heterocycles. The van der Waals surface area contributed by atoms with Gasteiger partial charge in [-0.05, 0) is 49.1 Å². The number of nitrogens with zero attached hydrogens (tertiary/aromatic N) is 1.